The number of anilines is 1. The molecule has 19 heavy (non-hydrogen) atoms. The van der Waals surface area contributed by atoms with Crippen molar-refractivity contribution in [2.75, 3.05) is 18.0 Å². The van der Waals surface area contributed by atoms with Crippen molar-refractivity contribution in [1.82, 2.24) is 4.98 Å². The molecule has 0 bridgehead atoms. The summed E-state index contributed by atoms with van der Waals surface area (Å²) in [6, 6.07) is 1.61. The fourth-order valence-corrected chi connectivity index (χ4v) is 2.30. The van der Waals surface area contributed by atoms with Crippen LogP contribution in [-0.4, -0.2) is 29.1 Å². The highest BCUT2D eigenvalue weighted by Gasteiger charge is 2.19. The molecule has 1 aromatic rings. The maximum absolute atomic E-state index is 11.4. The first-order valence-corrected chi connectivity index (χ1v) is 7.24. The van der Waals surface area contributed by atoms with Gasteiger partial charge >= 0.3 is 5.97 Å². The summed E-state index contributed by atoms with van der Waals surface area (Å²) in [5.41, 5.74) is 0.246. The van der Waals surface area contributed by atoms with E-state index in [1.165, 1.54) is 0 Å². The van der Waals surface area contributed by atoms with Crippen LogP contribution in [0.1, 0.15) is 38.1 Å². The highest BCUT2D eigenvalue weighted by molar-refractivity contribution is 9.10. The zero-order valence-electron chi connectivity index (χ0n) is 11.9. The van der Waals surface area contributed by atoms with E-state index in [1.807, 2.05) is 0 Å². The average molecular weight is 329 g/mol. The molecule has 0 saturated carbocycles. The molecule has 1 rings (SSSR count). The minimum Gasteiger partial charge on any atom is -0.478 e. The third kappa shape index (κ3) is 4.82. The SMILES string of the molecule is CC(C)CN(CC(C)C)c1ncc(Br)cc1C(=O)O. The summed E-state index contributed by atoms with van der Waals surface area (Å²) in [6.45, 7) is 10.1. The molecule has 0 amide bonds. The molecule has 1 aromatic heterocycles. The van der Waals surface area contributed by atoms with Gasteiger partial charge in [0.15, 0.2) is 0 Å². The zero-order chi connectivity index (χ0) is 14.6. The molecule has 0 aliphatic carbocycles. The third-order valence-electron chi connectivity index (χ3n) is 2.53. The van der Waals surface area contributed by atoms with Gasteiger partial charge in [0, 0.05) is 23.8 Å². The predicted molar refractivity (Wildman–Crippen MR) is 80.8 cm³/mol. The average Bonchev–Trinajstić information content (AvgIpc) is 2.26. The summed E-state index contributed by atoms with van der Waals surface area (Å²) in [4.78, 5) is 17.7. The third-order valence-corrected chi connectivity index (χ3v) is 2.97. The van der Waals surface area contributed by atoms with Crippen molar-refractivity contribution in [2.45, 2.75) is 27.7 Å². The fraction of sp³-hybridized carbons (Fsp3) is 0.571. The lowest BCUT2D eigenvalue weighted by Crippen LogP contribution is -2.33. The molecular weight excluding hydrogens is 308 g/mol. The molecule has 0 unspecified atom stereocenters. The molecule has 0 saturated heterocycles. The van der Waals surface area contributed by atoms with Crippen LogP contribution < -0.4 is 4.90 Å². The van der Waals surface area contributed by atoms with E-state index in [1.54, 1.807) is 12.3 Å². The number of rotatable bonds is 6. The van der Waals surface area contributed by atoms with Gasteiger partial charge in [-0.2, -0.15) is 0 Å². The number of pyridine rings is 1. The predicted octanol–water partition coefficient (Wildman–Crippen LogP) is 3.66. The summed E-state index contributed by atoms with van der Waals surface area (Å²) in [5.74, 6) is 0.510. The molecule has 5 heteroatoms. The van der Waals surface area contributed by atoms with Crippen LogP contribution in [0.25, 0.3) is 0 Å². The monoisotopic (exact) mass is 328 g/mol. The molecule has 1 N–H and O–H groups in total. The number of hydrogen-bond donors (Lipinski definition) is 1. The number of carboxylic acid groups (broad SMARTS) is 1. The van der Waals surface area contributed by atoms with Crippen molar-refractivity contribution in [3.05, 3.63) is 22.3 Å². The van der Waals surface area contributed by atoms with E-state index < -0.39 is 5.97 Å². The Morgan fingerprint density at radius 2 is 1.84 bits per heavy atom. The molecule has 0 aliphatic rings. The molecule has 0 radical (unpaired) electrons. The van der Waals surface area contributed by atoms with Gasteiger partial charge in [-0.3, -0.25) is 0 Å². The first-order chi connectivity index (χ1) is 8.81. The summed E-state index contributed by atoms with van der Waals surface area (Å²) < 4.78 is 0.683. The van der Waals surface area contributed by atoms with E-state index in [-0.39, 0.29) is 5.56 Å². The second kappa shape index (κ2) is 6.89. The maximum Gasteiger partial charge on any atom is 0.339 e. The molecule has 0 spiro atoms. The van der Waals surface area contributed by atoms with Gasteiger partial charge in [-0.25, -0.2) is 9.78 Å². The molecule has 0 aliphatic heterocycles. The minimum atomic E-state index is -0.943. The van der Waals surface area contributed by atoms with Gasteiger partial charge in [-0.05, 0) is 33.8 Å². The Labute approximate surface area is 123 Å². The summed E-state index contributed by atoms with van der Waals surface area (Å²) in [6.07, 6.45) is 1.65. The second-order valence-corrected chi connectivity index (χ2v) is 6.44. The van der Waals surface area contributed by atoms with Crippen molar-refractivity contribution in [1.29, 1.82) is 0 Å². The quantitative estimate of drug-likeness (QED) is 0.865. The smallest absolute Gasteiger partial charge is 0.339 e. The lowest BCUT2D eigenvalue weighted by molar-refractivity contribution is 0.0697. The summed E-state index contributed by atoms with van der Waals surface area (Å²) in [7, 11) is 0. The molecule has 4 nitrogen and oxygen atoms in total. The van der Waals surface area contributed by atoms with Crippen molar-refractivity contribution >= 4 is 27.7 Å². The topological polar surface area (TPSA) is 53.4 Å². The van der Waals surface area contributed by atoms with Crippen LogP contribution in [0.5, 0.6) is 0 Å². The van der Waals surface area contributed by atoms with E-state index in [9.17, 15) is 9.90 Å². The number of nitrogens with zero attached hydrogens (tertiary/aromatic N) is 2. The van der Waals surface area contributed by atoms with E-state index in [2.05, 4.69) is 53.5 Å². The van der Waals surface area contributed by atoms with Gasteiger partial charge in [-0.1, -0.05) is 27.7 Å². The zero-order valence-corrected chi connectivity index (χ0v) is 13.4. The fourth-order valence-electron chi connectivity index (χ4n) is 1.97. The number of carbonyl (C=O) groups is 1. The Bertz CT molecular complexity index is 437. The van der Waals surface area contributed by atoms with E-state index in [0.29, 0.717) is 22.1 Å². The van der Waals surface area contributed by atoms with Crippen LogP contribution in [0.4, 0.5) is 5.82 Å². The van der Waals surface area contributed by atoms with Crippen molar-refractivity contribution in [3.63, 3.8) is 0 Å². The van der Waals surface area contributed by atoms with Crippen LogP contribution in [0.2, 0.25) is 0 Å². The van der Waals surface area contributed by atoms with Gasteiger partial charge < -0.3 is 10.0 Å². The minimum absolute atomic E-state index is 0.246. The number of carboxylic acids is 1. The second-order valence-electron chi connectivity index (χ2n) is 5.52. The standard InChI is InChI=1S/C14H21BrN2O2/c1-9(2)7-17(8-10(3)4)13-12(14(18)19)5-11(15)6-16-13/h5-6,9-10H,7-8H2,1-4H3,(H,18,19). The number of halogens is 1. The Hall–Kier alpha value is -1.10. The Morgan fingerprint density at radius 1 is 1.32 bits per heavy atom. The first kappa shape index (κ1) is 16.0. The van der Waals surface area contributed by atoms with E-state index in [0.717, 1.165) is 13.1 Å². The number of hydrogen-bond acceptors (Lipinski definition) is 3. The molecule has 0 fully saturated rings. The van der Waals surface area contributed by atoms with Gasteiger partial charge in [0.25, 0.3) is 0 Å². The molecular formula is C14H21BrN2O2. The van der Waals surface area contributed by atoms with E-state index >= 15 is 0 Å². The highest BCUT2D eigenvalue weighted by atomic mass is 79.9. The summed E-state index contributed by atoms with van der Waals surface area (Å²) >= 11 is 3.27. The molecule has 1 heterocycles. The Balaban J connectivity index is 3.16. The number of aromatic carboxylic acids is 1. The summed E-state index contributed by atoms with van der Waals surface area (Å²) in [5, 5.41) is 9.32. The molecule has 106 valence electrons. The molecule has 0 atom stereocenters. The van der Waals surface area contributed by atoms with Crippen LogP contribution in [0.3, 0.4) is 0 Å². The van der Waals surface area contributed by atoms with Gasteiger partial charge in [-0.15, -0.1) is 0 Å². The first-order valence-electron chi connectivity index (χ1n) is 6.45. The normalized spacial score (nSPS) is 11.1. The van der Waals surface area contributed by atoms with Gasteiger partial charge in [0.2, 0.25) is 0 Å². The van der Waals surface area contributed by atoms with Crippen LogP contribution in [-0.2, 0) is 0 Å². The van der Waals surface area contributed by atoms with E-state index in [4.69, 9.17) is 0 Å². The van der Waals surface area contributed by atoms with Crippen molar-refractivity contribution in [2.24, 2.45) is 11.8 Å². The molecule has 0 aromatic carbocycles. The lowest BCUT2D eigenvalue weighted by Gasteiger charge is -2.28. The van der Waals surface area contributed by atoms with Crippen LogP contribution in [0.15, 0.2) is 16.7 Å². The van der Waals surface area contributed by atoms with Gasteiger partial charge in [0.05, 0.1) is 0 Å². The largest absolute Gasteiger partial charge is 0.478 e. The van der Waals surface area contributed by atoms with Crippen molar-refractivity contribution < 1.29 is 9.90 Å². The van der Waals surface area contributed by atoms with Gasteiger partial charge in [0.1, 0.15) is 11.4 Å². The Morgan fingerprint density at radius 3 is 2.26 bits per heavy atom. The maximum atomic E-state index is 11.4. The van der Waals surface area contributed by atoms with Crippen molar-refractivity contribution in [3.8, 4) is 0 Å². The van der Waals surface area contributed by atoms with Crippen LogP contribution in [0, 0.1) is 11.8 Å². The number of aromatic nitrogens is 1. The Kier molecular flexibility index (Phi) is 5.79. The van der Waals surface area contributed by atoms with Crippen LogP contribution >= 0.6 is 15.9 Å². The highest BCUT2D eigenvalue weighted by Crippen LogP contribution is 2.23. The lowest BCUT2D eigenvalue weighted by atomic mass is 10.1.